The van der Waals surface area contributed by atoms with Gasteiger partial charge in [-0.15, -0.1) is 0 Å². The maximum absolute atomic E-state index is 12.0. The van der Waals surface area contributed by atoms with Crippen LogP contribution in [0.2, 0.25) is 0 Å². The maximum Gasteiger partial charge on any atom is 0.269 e. The van der Waals surface area contributed by atoms with Crippen molar-refractivity contribution in [2.45, 2.75) is 13.8 Å². The number of thiocarbonyl (C=S) groups is 1. The molecular weight excluding hydrogens is 406 g/mol. The van der Waals surface area contributed by atoms with E-state index in [4.69, 9.17) is 16.6 Å². The van der Waals surface area contributed by atoms with E-state index in [1.807, 2.05) is 19.9 Å². The minimum atomic E-state index is -0.445. The summed E-state index contributed by atoms with van der Waals surface area (Å²) in [5.74, 6) is 0.491. The molecule has 2 aromatic rings. The lowest BCUT2D eigenvalue weighted by atomic mass is 10.1. The third-order valence-electron chi connectivity index (χ3n) is 3.12. The molecule has 0 bridgehead atoms. The molecule has 2 amide bonds. The van der Waals surface area contributed by atoms with Crippen LogP contribution < -0.4 is 16.2 Å². The Labute approximate surface area is 158 Å². The highest BCUT2D eigenvalue weighted by molar-refractivity contribution is 9.10. The van der Waals surface area contributed by atoms with Crippen LogP contribution in [-0.2, 0) is 4.79 Å². The second-order valence-corrected chi connectivity index (χ2v) is 6.41. The molecule has 0 spiro atoms. The van der Waals surface area contributed by atoms with Crippen LogP contribution in [0.25, 0.3) is 6.08 Å². The Hall–Kier alpha value is -2.45. The van der Waals surface area contributed by atoms with Crippen molar-refractivity contribution < 1.29 is 14.0 Å². The van der Waals surface area contributed by atoms with E-state index in [0.29, 0.717) is 11.3 Å². The van der Waals surface area contributed by atoms with Crippen LogP contribution in [-0.4, -0.2) is 16.9 Å². The number of amides is 2. The molecular formula is C17H16BrN3O3S. The quantitative estimate of drug-likeness (QED) is 0.403. The lowest BCUT2D eigenvalue weighted by Gasteiger charge is -2.10. The van der Waals surface area contributed by atoms with E-state index >= 15 is 0 Å². The van der Waals surface area contributed by atoms with Gasteiger partial charge in [-0.2, -0.15) is 0 Å². The molecule has 130 valence electrons. The van der Waals surface area contributed by atoms with Gasteiger partial charge in [0, 0.05) is 16.1 Å². The first-order valence-corrected chi connectivity index (χ1v) is 8.47. The van der Waals surface area contributed by atoms with Gasteiger partial charge in [-0.1, -0.05) is 22.0 Å². The number of rotatable bonds is 3. The zero-order valence-corrected chi connectivity index (χ0v) is 16.0. The SMILES string of the molecule is Cc1ccc(C=CC(=O)NC(=S)NNC(=O)c2ccc(C)c(Br)c2)o1. The third kappa shape index (κ3) is 5.84. The summed E-state index contributed by atoms with van der Waals surface area (Å²) in [7, 11) is 0. The Morgan fingerprint density at radius 2 is 1.92 bits per heavy atom. The van der Waals surface area contributed by atoms with Crippen LogP contribution in [0, 0.1) is 13.8 Å². The van der Waals surface area contributed by atoms with Gasteiger partial charge in [-0.25, -0.2) is 0 Å². The summed E-state index contributed by atoms with van der Waals surface area (Å²) < 4.78 is 6.14. The predicted octanol–water partition coefficient (Wildman–Crippen LogP) is 3.01. The molecule has 0 fully saturated rings. The molecule has 0 aliphatic rings. The first-order valence-electron chi connectivity index (χ1n) is 7.27. The average molecular weight is 422 g/mol. The van der Waals surface area contributed by atoms with Crippen LogP contribution in [0.15, 0.2) is 45.3 Å². The number of benzene rings is 1. The van der Waals surface area contributed by atoms with Gasteiger partial charge >= 0.3 is 0 Å². The van der Waals surface area contributed by atoms with Crippen LogP contribution in [0.4, 0.5) is 0 Å². The highest BCUT2D eigenvalue weighted by Crippen LogP contribution is 2.17. The minimum absolute atomic E-state index is 0.0233. The van der Waals surface area contributed by atoms with E-state index in [2.05, 4.69) is 32.1 Å². The van der Waals surface area contributed by atoms with Crippen molar-refractivity contribution in [1.82, 2.24) is 16.2 Å². The van der Waals surface area contributed by atoms with Gasteiger partial charge in [-0.3, -0.25) is 25.8 Å². The van der Waals surface area contributed by atoms with Gasteiger partial charge in [0.2, 0.25) is 5.91 Å². The summed E-state index contributed by atoms with van der Waals surface area (Å²) in [5, 5.41) is 2.39. The molecule has 0 saturated carbocycles. The highest BCUT2D eigenvalue weighted by Gasteiger charge is 2.08. The number of carbonyl (C=O) groups excluding carboxylic acids is 2. The molecule has 1 aromatic carbocycles. The fourth-order valence-corrected chi connectivity index (χ4v) is 2.34. The van der Waals surface area contributed by atoms with Crippen molar-refractivity contribution in [2.24, 2.45) is 0 Å². The molecule has 0 aliphatic heterocycles. The number of hydrazine groups is 1. The highest BCUT2D eigenvalue weighted by atomic mass is 79.9. The Bertz CT molecular complexity index is 845. The van der Waals surface area contributed by atoms with Crippen molar-refractivity contribution in [1.29, 1.82) is 0 Å². The Morgan fingerprint density at radius 1 is 1.16 bits per heavy atom. The molecule has 3 N–H and O–H groups in total. The second kappa shape index (κ2) is 8.59. The summed E-state index contributed by atoms with van der Waals surface area (Å²) in [4.78, 5) is 23.8. The molecule has 1 aromatic heterocycles. The van der Waals surface area contributed by atoms with Gasteiger partial charge in [0.1, 0.15) is 11.5 Å². The number of hydrogen-bond acceptors (Lipinski definition) is 4. The van der Waals surface area contributed by atoms with E-state index in [1.54, 1.807) is 24.3 Å². The minimum Gasteiger partial charge on any atom is -0.462 e. The van der Waals surface area contributed by atoms with Gasteiger partial charge < -0.3 is 4.42 Å². The van der Waals surface area contributed by atoms with Gasteiger partial charge in [0.15, 0.2) is 5.11 Å². The largest absolute Gasteiger partial charge is 0.462 e. The molecule has 0 aliphatic carbocycles. The Kier molecular flexibility index (Phi) is 6.49. The summed E-state index contributed by atoms with van der Waals surface area (Å²) in [5.41, 5.74) is 6.37. The van der Waals surface area contributed by atoms with E-state index in [-0.39, 0.29) is 11.0 Å². The smallest absolute Gasteiger partial charge is 0.269 e. The van der Waals surface area contributed by atoms with E-state index in [9.17, 15) is 9.59 Å². The van der Waals surface area contributed by atoms with Crippen LogP contribution in [0.1, 0.15) is 27.4 Å². The van der Waals surface area contributed by atoms with Crippen LogP contribution >= 0.6 is 28.1 Å². The topological polar surface area (TPSA) is 83.4 Å². The number of halogens is 1. The third-order valence-corrected chi connectivity index (χ3v) is 4.18. The first kappa shape index (κ1) is 18.9. The Morgan fingerprint density at radius 3 is 2.56 bits per heavy atom. The molecule has 1 heterocycles. The van der Waals surface area contributed by atoms with E-state index < -0.39 is 5.91 Å². The maximum atomic E-state index is 12.0. The van der Waals surface area contributed by atoms with Gasteiger partial charge in [0.25, 0.3) is 5.91 Å². The molecule has 0 saturated heterocycles. The zero-order chi connectivity index (χ0) is 18.4. The number of carbonyl (C=O) groups is 2. The summed E-state index contributed by atoms with van der Waals surface area (Å²) >= 11 is 8.32. The summed E-state index contributed by atoms with van der Waals surface area (Å²) in [6.45, 7) is 3.73. The molecule has 6 nitrogen and oxygen atoms in total. The monoisotopic (exact) mass is 421 g/mol. The zero-order valence-electron chi connectivity index (χ0n) is 13.6. The van der Waals surface area contributed by atoms with Gasteiger partial charge in [-0.05, 0) is 62.0 Å². The van der Waals surface area contributed by atoms with E-state index in [1.165, 1.54) is 12.2 Å². The fraction of sp³-hybridized carbons (Fsp3) is 0.118. The molecule has 0 atom stereocenters. The lowest BCUT2D eigenvalue weighted by molar-refractivity contribution is -0.115. The first-order chi connectivity index (χ1) is 11.8. The van der Waals surface area contributed by atoms with Crippen LogP contribution in [0.3, 0.4) is 0 Å². The molecule has 25 heavy (non-hydrogen) atoms. The van der Waals surface area contributed by atoms with Crippen molar-refractivity contribution >= 4 is 51.2 Å². The summed E-state index contributed by atoms with van der Waals surface area (Å²) in [6.07, 6.45) is 2.80. The van der Waals surface area contributed by atoms with Gasteiger partial charge in [0.05, 0.1) is 0 Å². The standard InChI is InChI=1S/C17H16BrN3O3S/c1-10-3-5-12(9-14(10)18)16(23)20-21-17(25)19-15(22)8-7-13-6-4-11(2)24-13/h3-9H,1-2H3,(H,20,23)(H2,19,21,22,25). The Balaban J connectivity index is 1.81. The molecule has 8 heteroatoms. The molecule has 0 radical (unpaired) electrons. The number of furan rings is 1. The van der Waals surface area contributed by atoms with Crippen LogP contribution in [0.5, 0.6) is 0 Å². The van der Waals surface area contributed by atoms with Crippen molar-refractivity contribution in [3.8, 4) is 0 Å². The number of nitrogens with one attached hydrogen (secondary N) is 3. The number of aryl methyl sites for hydroxylation is 2. The van der Waals surface area contributed by atoms with E-state index in [0.717, 1.165) is 15.8 Å². The summed E-state index contributed by atoms with van der Waals surface area (Å²) in [6, 6.07) is 8.74. The normalized spacial score (nSPS) is 10.5. The lowest BCUT2D eigenvalue weighted by Crippen LogP contribution is -2.48. The van der Waals surface area contributed by atoms with Crippen molar-refractivity contribution in [3.05, 3.63) is 63.5 Å². The van der Waals surface area contributed by atoms with Crippen molar-refractivity contribution in [2.75, 3.05) is 0 Å². The fourth-order valence-electron chi connectivity index (χ4n) is 1.81. The second-order valence-electron chi connectivity index (χ2n) is 5.14. The molecule has 0 unspecified atom stereocenters. The molecule has 2 rings (SSSR count). The van der Waals surface area contributed by atoms with Crippen molar-refractivity contribution in [3.63, 3.8) is 0 Å². The average Bonchev–Trinajstić information content (AvgIpc) is 2.98. The predicted molar refractivity (Wildman–Crippen MR) is 103 cm³/mol. The number of hydrogen-bond donors (Lipinski definition) is 3.